The van der Waals surface area contributed by atoms with Gasteiger partial charge in [-0.3, -0.25) is 14.3 Å². The molecular formula is C14H22N5O4+. The van der Waals surface area contributed by atoms with Crippen molar-refractivity contribution < 1.29 is 19.5 Å². The largest absolute Gasteiger partial charge is 0.387 e. The lowest BCUT2D eigenvalue weighted by Crippen LogP contribution is -2.46. The smallest absolute Gasteiger partial charge is 0.313 e. The number of hydrogen-bond acceptors (Lipinski definition) is 6. The summed E-state index contributed by atoms with van der Waals surface area (Å²) in [5, 5.41) is 20.6. The molecule has 1 aliphatic heterocycles. The second-order valence-electron chi connectivity index (χ2n) is 6.43. The van der Waals surface area contributed by atoms with E-state index < -0.39 is 24.5 Å². The molecule has 2 aromatic rings. The standard InChI is InChI=1S/C14H21N5O4/c1-6(2)4-7-9(20)10(21)13(23-7)19-5-18(3)8-11(19)16-14(15)17-12(8)22/h5-7,9-10,13,20-21H,4H2,1-3H3,(H2-,15,16,17,22)/p+1/t7-,9?,10+,13-/m0/s1. The third kappa shape index (κ3) is 2.60. The molecule has 0 amide bonds. The fourth-order valence-electron chi connectivity index (χ4n) is 3.07. The Kier molecular flexibility index (Phi) is 3.86. The first-order chi connectivity index (χ1) is 10.8. The van der Waals surface area contributed by atoms with Gasteiger partial charge in [-0.05, 0) is 12.3 Å². The van der Waals surface area contributed by atoms with Crippen LogP contribution in [-0.2, 0) is 11.8 Å². The Morgan fingerprint density at radius 2 is 2.17 bits per heavy atom. The van der Waals surface area contributed by atoms with E-state index in [2.05, 4.69) is 9.97 Å². The van der Waals surface area contributed by atoms with Gasteiger partial charge in [0.1, 0.15) is 12.2 Å². The Bertz CT molecular complexity index is 783. The second kappa shape index (κ2) is 5.59. The number of aliphatic hydroxyl groups is 2. The van der Waals surface area contributed by atoms with Crippen molar-refractivity contribution >= 4 is 17.1 Å². The zero-order valence-corrected chi connectivity index (χ0v) is 13.3. The first kappa shape index (κ1) is 15.9. The van der Waals surface area contributed by atoms with Gasteiger partial charge in [-0.1, -0.05) is 18.8 Å². The first-order valence-corrected chi connectivity index (χ1v) is 7.57. The van der Waals surface area contributed by atoms with Crippen LogP contribution in [0.2, 0.25) is 0 Å². The highest BCUT2D eigenvalue weighted by Crippen LogP contribution is 2.30. The molecule has 0 bridgehead atoms. The van der Waals surface area contributed by atoms with E-state index in [-0.39, 0.29) is 11.5 Å². The molecule has 1 aliphatic rings. The number of aryl methyl sites for hydroxylation is 1. The molecule has 0 spiro atoms. The highest BCUT2D eigenvalue weighted by Gasteiger charge is 2.46. The number of nitrogens with one attached hydrogen (secondary N) is 1. The molecule has 1 fully saturated rings. The molecule has 0 aliphatic carbocycles. The van der Waals surface area contributed by atoms with Crippen LogP contribution in [0.4, 0.5) is 5.95 Å². The summed E-state index contributed by atoms with van der Waals surface area (Å²) in [6.45, 7) is 4.03. The maximum atomic E-state index is 12.0. The van der Waals surface area contributed by atoms with Gasteiger partial charge >= 0.3 is 5.65 Å². The van der Waals surface area contributed by atoms with Crippen LogP contribution >= 0.6 is 0 Å². The Morgan fingerprint density at radius 3 is 2.83 bits per heavy atom. The highest BCUT2D eigenvalue weighted by molar-refractivity contribution is 5.67. The molecular weight excluding hydrogens is 302 g/mol. The third-order valence-electron chi connectivity index (χ3n) is 4.10. The molecule has 3 rings (SSSR count). The maximum absolute atomic E-state index is 12.0. The predicted octanol–water partition coefficient (Wildman–Crippen LogP) is -1.20. The van der Waals surface area contributed by atoms with Crippen LogP contribution in [0.15, 0.2) is 11.1 Å². The minimum atomic E-state index is -1.11. The summed E-state index contributed by atoms with van der Waals surface area (Å²) in [6, 6.07) is 0. The van der Waals surface area contributed by atoms with Crippen LogP contribution < -0.4 is 15.9 Å². The lowest BCUT2D eigenvalue weighted by atomic mass is 10.0. The van der Waals surface area contributed by atoms with Crippen molar-refractivity contribution in [1.82, 2.24) is 14.5 Å². The van der Waals surface area contributed by atoms with E-state index in [4.69, 9.17) is 10.5 Å². The number of nitrogen functional groups attached to an aromatic ring is 1. The molecule has 0 saturated carbocycles. The molecule has 0 radical (unpaired) electrons. The summed E-state index contributed by atoms with van der Waals surface area (Å²) in [6.07, 6.45) is -1.19. The average molecular weight is 324 g/mol. The molecule has 9 nitrogen and oxygen atoms in total. The van der Waals surface area contributed by atoms with Crippen molar-refractivity contribution in [2.75, 3.05) is 5.73 Å². The van der Waals surface area contributed by atoms with Crippen molar-refractivity contribution in [2.24, 2.45) is 13.0 Å². The summed E-state index contributed by atoms with van der Waals surface area (Å²) < 4.78 is 8.96. The molecule has 1 saturated heterocycles. The quantitative estimate of drug-likeness (QED) is 0.525. The Hall–Kier alpha value is -1.97. The number of fused-ring (bicyclic) bond motifs is 1. The molecule has 1 unspecified atom stereocenters. The van der Waals surface area contributed by atoms with Gasteiger partial charge in [0, 0.05) is 0 Å². The first-order valence-electron chi connectivity index (χ1n) is 7.57. The van der Waals surface area contributed by atoms with Gasteiger partial charge in [0.25, 0.3) is 11.5 Å². The third-order valence-corrected chi connectivity index (χ3v) is 4.10. The number of aromatic amines is 1. The number of nitrogens with zero attached hydrogens (tertiary/aromatic N) is 3. The summed E-state index contributed by atoms with van der Waals surface area (Å²) >= 11 is 0. The summed E-state index contributed by atoms with van der Waals surface area (Å²) in [5.41, 5.74) is 5.86. The summed E-state index contributed by atoms with van der Waals surface area (Å²) in [7, 11) is 1.69. The molecule has 3 heterocycles. The number of rotatable bonds is 3. The minimum Gasteiger partial charge on any atom is -0.387 e. The number of imidazole rings is 1. The van der Waals surface area contributed by atoms with Crippen molar-refractivity contribution in [1.29, 1.82) is 0 Å². The number of ether oxygens (including phenoxy) is 1. The van der Waals surface area contributed by atoms with Gasteiger partial charge in [0.05, 0.1) is 13.2 Å². The Labute approximate surface area is 132 Å². The van der Waals surface area contributed by atoms with Crippen LogP contribution in [0, 0.1) is 5.92 Å². The van der Waals surface area contributed by atoms with Crippen molar-refractivity contribution in [3.05, 3.63) is 16.7 Å². The second-order valence-corrected chi connectivity index (χ2v) is 6.43. The number of hydrogen-bond donors (Lipinski definition) is 4. The Morgan fingerprint density at radius 1 is 1.48 bits per heavy atom. The summed E-state index contributed by atoms with van der Waals surface area (Å²) in [4.78, 5) is 18.6. The van der Waals surface area contributed by atoms with E-state index in [1.54, 1.807) is 17.9 Å². The number of H-pyrrole nitrogens is 1. The fourth-order valence-corrected chi connectivity index (χ4v) is 3.07. The lowest BCUT2D eigenvalue weighted by Gasteiger charge is -2.15. The lowest BCUT2D eigenvalue weighted by molar-refractivity contribution is -0.745. The average Bonchev–Trinajstić information content (AvgIpc) is 2.90. The molecule has 4 atom stereocenters. The van der Waals surface area contributed by atoms with Crippen molar-refractivity contribution in [2.45, 2.75) is 44.8 Å². The maximum Gasteiger partial charge on any atom is 0.313 e. The monoisotopic (exact) mass is 324 g/mol. The highest BCUT2D eigenvalue weighted by atomic mass is 16.6. The topological polar surface area (TPSA) is 130 Å². The van der Waals surface area contributed by atoms with Crippen molar-refractivity contribution in [3.8, 4) is 0 Å². The van der Waals surface area contributed by atoms with Gasteiger partial charge in [-0.2, -0.15) is 0 Å². The number of nitrogens with two attached hydrogens (primary N) is 1. The number of anilines is 1. The molecule has 5 N–H and O–H groups in total. The van der Waals surface area contributed by atoms with Gasteiger partial charge in [0.15, 0.2) is 6.33 Å². The van der Waals surface area contributed by atoms with Gasteiger partial charge in [-0.25, -0.2) is 4.57 Å². The molecule has 23 heavy (non-hydrogen) atoms. The van der Waals surface area contributed by atoms with Crippen molar-refractivity contribution in [3.63, 3.8) is 0 Å². The van der Waals surface area contributed by atoms with E-state index in [9.17, 15) is 15.0 Å². The SMILES string of the molecule is CC(C)C[C@@H]1O[C@H]([n+]2cn(C)c3c(=O)[nH]c(N)nc32)[C@H](O)C1O. The summed E-state index contributed by atoms with van der Waals surface area (Å²) in [5.74, 6) is 0.295. The van der Waals surface area contributed by atoms with E-state index in [1.807, 2.05) is 13.8 Å². The van der Waals surface area contributed by atoms with Crippen LogP contribution in [0.5, 0.6) is 0 Å². The zero-order valence-electron chi connectivity index (χ0n) is 13.3. The number of aromatic nitrogens is 4. The zero-order chi connectivity index (χ0) is 16.9. The van der Waals surface area contributed by atoms with Gasteiger partial charge < -0.3 is 20.7 Å². The van der Waals surface area contributed by atoms with Gasteiger partial charge in [0.2, 0.25) is 11.7 Å². The van der Waals surface area contributed by atoms with Crippen LogP contribution in [-0.4, -0.2) is 43.1 Å². The van der Waals surface area contributed by atoms with Crippen LogP contribution in [0.25, 0.3) is 11.2 Å². The number of aliphatic hydroxyl groups excluding tert-OH is 2. The van der Waals surface area contributed by atoms with Crippen LogP contribution in [0.3, 0.4) is 0 Å². The predicted molar refractivity (Wildman–Crippen MR) is 81.3 cm³/mol. The molecule has 126 valence electrons. The van der Waals surface area contributed by atoms with Gasteiger partial charge in [-0.15, -0.1) is 0 Å². The fraction of sp³-hybridized carbons (Fsp3) is 0.643. The minimum absolute atomic E-state index is 0.0192. The van der Waals surface area contributed by atoms with E-state index in [0.29, 0.717) is 23.5 Å². The molecule has 9 heteroatoms. The van der Waals surface area contributed by atoms with E-state index in [1.165, 1.54) is 4.57 Å². The van der Waals surface area contributed by atoms with Crippen LogP contribution in [0.1, 0.15) is 26.5 Å². The van der Waals surface area contributed by atoms with E-state index in [0.717, 1.165) is 0 Å². The molecule has 2 aromatic heterocycles. The normalized spacial score (nSPS) is 28.1. The molecule has 0 aromatic carbocycles. The Balaban J connectivity index is 2.05. The van der Waals surface area contributed by atoms with E-state index >= 15 is 0 Å².